The van der Waals surface area contributed by atoms with Crippen molar-refractivity contribution in [1.29, 1.82) is 0 Å². The van der Waals surface area contributed by atoms with E-state index in [1.165, 1.54) is 0 Å². The Bertz CT molecular complexity index is 338. The first-order chi connectivity index (χ1) is 7.47. The van der Waals surface area contributed by atoms with Crippen LogP contribution in [-0.4, -0.2) is 11.7 Å². The molecule has 0 bridgehead atoms. The highest BCUT2D eigenvalue weighted by atomic mass is 16.1. The van der Waals surface area contributed by atoms with E-state index >= 15 is 0 Å². The van der Waals surface area contributed by atoms with Gasteiger partial charge in [0.25, 0.3) is 0 Å². The van der Waals surface area contributed by atoms with Crippen LogP contribution >= 0.6 is 0 Å². The van der Waals surface area contributed by atoms with E-state index in [9.17, 15) is 9.59 Å². The fourth-order valence-electron chi connectivity index (χ4n) is 1.26. The molecule has 90 valence electrons. The second kappa shape index (κ2) is 6.99. The van der Waals surface area contributed by atoms with E-state index in [1.54, 1.807) is 13.8 Å². The van der Waals surface area contributed by atoms with Crippen LogP contribution in [0.2, 0.25) is 0 Å². The van der Waals surface area contributed by atoms with Crippen LogP contribution in [0.15, 0.2) is 22.9 Å². The van der Waals surface area contributed by atoms with Crippen molar-refractivity contribution < 1.29 is 9.59 Å². The molecule has 0 radical (unpaired) electrons. The van der Waals surface area contributed by atoms with Gasteiger partial charge in [-0.3, -0.25) is 9.59 Å². The predicted octanol–water partition coefficient (Wildman–Crippen LogP) is 2.73. The molecule has 1 N–H and O–H groups in total. The van der Waals surface area contributed by atoms with Gasteiger partial charge >= 0.3 is 0 Å². The lowest BCUT2D eigenvalue weighted by Gasteiger charge is -2.13. The minimum Gasteiger partial charge on any atom is -0.325 e. The van der Waals surface area contributed by atoms with Crippen LogP contribution in [0.1, 0.15) is 47.5 Å². The number of carbonyl (C=O) groups is 2. The molecule has 16 heavy (non-hydrogen) atoms. The highest BCUT2D eigenvalue weighted by Crippen LogP contribution is 2.13. The van der Waals surface area contributed by atoms with Gasteiger partial charge in [-0.05, 0) is 26.3 Å². The Morgan fingerprint density at radius 3 is 2.06 bits per heavy atom. The molecule has 0 unspecified atom stereocenters. The molecule has 0 heterocycles. The zero-order valence-electron chi connectivity index (χ0n) is 10.8. The molecule has 3 heteroatoms. The van der Waals surface area contributed by atoms with Gasteiger partial charge in [-0.25, -0.2) is 0 Å². The average Bonchev–Trinajstić information content (AvgIpc) is 2.32. The van der Waals surface area contributed by atoms with Crippen LogP contribution in [0.5, 0.6) is 0 Å². The van der Waals surface area contributed by atoms with Crippen LogP contribution in [0, 0.1) is 0 Å². The molecule has 0 aromatic heterocycles. The van der Waals surface area contributed by atoms with E-state index in [0.29, 0.717) is 24.1 Å². The van der Waals surface area contributed by atoms with E-state index in [1.807, 2.05) is 26.8 Å². The van der Waals surface area contributed by atoms with Gasteiger partial charge in [0.2, 0.25) is 5.91 Å². The summed E-state index contributed by atoms with van der Waals surface area (Å²) in [6.07, 6.45) is 2.75. The summed E-state index contributed by atoms with van der Waals surface area (Å²) >= 11 is 0. The smallest absolute Gasteiger partial charge is 0.224 e. The quantitative estimate of drug-likeness (QED) is 0.575. The van der Waals surface area contributed by atoms with E-state index in [2.05, 4.69) is 5.32 Å². The summed E-state index contributed by atoms with van der Waals surface area (Å²) in [5, 5.41) is 2.78. The number of ketones is 1. The van der Waals surface area contributed by atoms with Crippen molar-refractivity contribution in [3.63, 3.8) is 0 Å². The minimum atomic E-state index is -0.0700. The number of rotatable bonds is 5. The van der Waals surface area contributed by atoms with Gasteiger partial charge in [0, 0.05) is 24.1 Å². The van der Waals surface area contributed by atoms with E-state index in [0.717, 1.165) is 5.57 Å². The van der Waals surface area contributed by atoms with Crippen LogP contribution in [-0.2, 0) is 9.59 Å². The normalized spacial score (nSPS) is 13.2. The fraction of sp³-hybridized carbons (Fsp3) is 0.538. The molecule has 0 rings (SSSR count). The van der Waals surface area contributed by atoms with E-state index < -0.39 is 0 Å². The topological polar surface area (TPSA) is 46.2 Å². The van der Waals surface area contributed by atoms with Crippen molar-refractivity contribution >= 4 is 11.7 Å². The predicted molar refractivity (Wildman–Crippen MR) is 65.9 cm³/mol. The molecule has 0 aliphatic rings. The van der Waals surface area contributed by atoms with Crippen LogP contribution in [0.25, 0.3) is 0 Å². The minimum absolute atomic E-state index is 0.0626. The first-order valence-corrected chi connectivity index (χ1v) is 5.65. The first kappa shape index (κ1) is 14.6. The molecule has 1 amide bonds. The maximum absolute atomic E-state index is 11.6. The summed E-state index contributed by atoms with van der Waals surface area (Å²) in [6, 6.07) is 0. The molecular formula is C13H21NO2. The molecule has 0 aliphatic heterocycles. The summed E-state index contributed by atoms with van der Waals surface area (Å²) < 4.78 is 0. The fourth-order valence-corrected chi connectivity index (χ4v) is 1.26. The third-order valence-electron chi connectivity index (χ3n) is 2.53. The standard InChI is InChI=1S/C13H21NO2/c1-6-9(4)13(14-12(16)8-3)10(5)11(15)7-2/h6H,7-8H2,1-5H3,(H,14,16)/b9-6-,13-10-. The SMILES string of the molecule is C/C=C(C)\C(NC(=O)CC)=C(/C)C(=O)CC. The third-order valence-corrected chi connectivity index (χ3v) is 2.53. The van der Waals surface area contributed by atoms with Gasteiger partial charge in [0.05, 0.1) is 0 Å². The van der Waals surface area contributed by atoms with Gasteiger partial charge < -0.3 is 5.32 Å². The van der Waals surface area contributed by atoms with Crippen LogP contribution in [0.4, 0.5) is 0 Å². The molecule has 0 fully saturated rings. The Labute approximate surface area is 97.6 Å². The van der Waals surface area contributed by atoms with Crippen molar-refractivity contribution in [1.82, 2.24) is 5.32 Å². The number of hydrogen-bond acceptors (Lipinski definition) is 2. The Morgan fingerprint density at radius 1 is 1.12 bits per heavy atom. The number of hydrogen-bond donors (Lipinski definition) is 1. The summed E-state index contributed by atoms with van der Waals surface area (Å²) in [5.74, 6) is -0.00736. The van der Waals surface area contributed by atoms with Crippen LogP contribution in [0.3, 0.4) is 0 Å². The van der Waals surface area contributed by atoms with Crippen molar-refractivity contribution in [3.8, 4) is 0 Å². The Kier molecular flexibility index (Phi) is 6.38. The lowest BCUT2D eigenvalue weighted by molar-refractivity contribution is -0.120. The van der Waals surface area contributed by atoms with Crippen molar-refractivity contribution in [2.45, 2.75) is 47.5 Å². The molecule has 0 atom stereocenters. The molecule has 0 spiro atoms. The summed E-state index contributed by atoms with van der Waals surface area (Å²) in [5.41, 5.74) is 2.20. The van der Waals surface area contributed by atoms with Crippen molar-refractivity contribution in [2.75, 3.05) is 0 Å². The van der Waals surface area contributed by atoms with E-state index in [-0.39, 0.29) is 11.7 Å². The number of nitrogens with one attached hydrogen (secondary N) is 1. The monoisotopic (exact) mass is 223 g/mol. The van der Waals surface area contributed by atoms with Gasteiger partial charge in [-0.15, -0.1) is 0 Å². The summed E-state index contributed by atoms with van der Waals surface area (Å²) in [4.78, 5) is 23.0. The Hall–Kier alpha value is -1.38. The molecule has 0 aromatic carbocycles. The van der Waals surface area contributed by atoms with Gasteiger partial charge in [0.15, 0.2) is 5.78 Å². The number of Topliss-reactive ketones (excluding diaryl/α,β-unsaturated/α-hetero) is 1. The van der Waals surface area contributed by atoms with E-state index in [4.69, 9.17) is 0 Å². The van der Waals surface area contributed by atoms with Crippen molar-refractivity contribution in [3.05, 3.63) is 22.9 Å². The van der Waals surface area contributed by atoms with Gasteiger partial charge in [-0.2, -0.15) is 0 Å². The Balaban J connectivity index is 5.23. The summed E-state index contributed by atoms with van der Waals surface area (Å²) in [6.45, 7) is 9.13. The maximum Gasteiger partial charge on any atom is 0.224 e. The lowest BCUT2D eigenvalue weighted by atomic mass is 10.0. The van der Waals surface area contributed by atoms with Gasteiger partial charge in [-0.1, -0.05) is 19.9 Å². The van der Waals surface area contributed by atoms with Crippen LogP contribution < -0.4 is 5.32 Å². The largest absolute Gasteiger partial charge is 0.325 e. The molecule has 0 saturated carbocycles. The average molecular weight is 223 g/mol. The molecule has 0 saturated heterocycles. The lowest BCUT2D eigenvalue weighted by Crippen LogP contribution is -2.24. The molecular weight excluding hydrogens is 202 g/mol. The van der Waals surface area contributed by atoms with Gasteiger partial charge in [0.1, 0.15) is 0 Å². The number of carbonyl (C=O) groups excluding carboxylic acids is 2. The second-order valence-corrected chi connectivity index (χ2v) is 3.65. The molecule has 0 aliphatic carbocycles. The zero-order chi connectivity index (χ0) is 12.7. The number of allylic oxidation sites excluding steroid dienone is 3. The first-order valence-electron chi connectivity index (χ1n) is 5.65. The highest BCUT2D eigenvalue weighted by molar-refractivity contribution is 5.96. The number of amides is 1. The highest BCUT2D eigenvalue weighted by Gasteiger charge is 2.12. The summed E-state index contributed by atoms with van der Waals surface area (Å²) in [7, 11) is 0. The van der Waals surface area contributed by atoms with Crippen molar-refractivity contribution in [2.24, 2.45) is 0 Å². The zero-order valence-corrected chi connectivity index (χ0v) is 10.8. The molecule has 3 nitrogen and oxygen atoms in total. The Morgan fingerprint density at radius 2 is 1.69 bits per heavy atom. The third kappa shape index (κ3) is 4.01. The maximum atomic E-state index is 11.6. The second-order valence-electron chi connectivity index (χ2n) is 3.65. The molecule has 0 aromatic rings.